The highest BCUT2D eigenvalue weighted by Crippen LogP contribution is 2.56. The Bertz CT molecular complexity index is 1440. The molecule has 1 aliphatic rings. The van der Waals surface area contributed by atoms with Crippen molar-refractivity contribution in [3.05, 3.63) is 119 Å². The summed E-state index contributed by atoms with van der Waals surface area (Å²) in [5.74, 6) is 0. The van der Waals surface area contributed by atoms with E-state index in [1.54, 1.807) is 0 Å². The SMILES string of the molecule is CSc1ccc(C2=C(c3ccccc3)C(c3ccccc3)=C(c3ccc(SC)c(SC)c3)[Si]2(C)C)cc1SC. The first-order valence-corrected chi connectivity index (χ1v) is 20.9. The van der Waals surface area contributed by atoms with Crippen LogP contribution in [0.25, 0.3) is 21.5 Å². The van der Waals surface area contributed by atoms with Crippen LogP contribution >= 0.6 is 47.0 Å². The lowest BCUT2D eigenvalue weighted by molar-refractivity contribution is 1.24. The minimum absolute atomic E-state index is 1.30. The van der Waals surface area contributed by atoms with Gasteiger partial charge in [0.05, 0.1) is 0 Å². The summed E-state index contributed by atoms with van der Waals surface area (Å²) in [5, 5.41) is 3.07. The Morgan fingerprint density at radius 3 is 1.10 bits per heavy atom. The molecule has 0 saturated heterocycles. The van der Waals surface area contributed by atoms with Crippen LogP contribution in [0.1, 0.15) is 22.3 Å². The van der Waals surface area contributed by atoms with Gasteiger partial charge in [0.25, 0.3) is 0 Å². The Kier molecular flexibility index (Phi) is 8.94. The average molecular weight is 599 g/mol. The molecule has 0 atom stereocenters. The van der Waals surface area contributed by atoms with E-state index in [4.69, 9.17) is 0 Å². The Labute approximate surface area is 252 Å². The van der Waals surface area contributed by atoms with Crippen molar-refractivity contribution in [1.82, 2.24) is 0 Å². The Morgan fingerprint density at radius 2 is 0.769 bits per heavy atom. The van der Waals surface area contributed by atoms with Gasteiger partial charge in [-0.25, -0.2) is 0 Å². The summed E-state index contributed by atoms with van der Waals surface area (Å²) < 4.78 is 0. The van der Waals surface area contributed by atoms with Crippen molar-refractivity contribution in [2.45, 2.75) is 32.7 Å². The molecular weight excluding hydrogens is 565 g/mol. The highest BCUT2D eigenvalue weighted by Gasteiger charge is 2.44. The van der Waals surface area contributed by atoms with Crippen LogP contribution in [0.4, 0.5) is 0 Å². The van der Waals surface area contributed by atoms with Crippen LogP contribution in [0, 0.1) is 0 Å². The standard InChI is InChI=1S/C34H34S4Si/c1-35-27-19-17-25(21-29(27)37-3)33-31(23-13-9-7-10-14-23)32(24-15-11-8-12-16-24)34(39(33,5)6)26-18-20-28(36-2)30(22-26)38-4/h7-22H,1-6H3. The lowest BCUT2D eigenvalue weighted by atomic mass is 9.89. The molecule has 0 saturated carbocycles. The van der Waals surface area contributed by atoms with Crippen molar-refractivity contribution in [2.24, 2.45) is 0 Å². The summed E-state index contributed by atoms with van der Waals surface area (Å²) in [6.07, 6.45) is 8.73. The summed E-state index contributed by atoms with van der Waals surface area (Å²) in [7, 11) is -2.17. The van der Waals surface area contributed by atoms with E-state index in [0.29, 0.717) is 0 Å². The maximum atomic E-state index is 2.55. The molecule has 0 amide bonds. The minimum Gasteiger partial charge on any atom is -0.128 e. The molecule has 0 unspecified atom stereocenters. The summed E-state index contributed by atoms with van der Waals surface area (Å²) >= 11 is 7.35. The molecule has 1 heterocycles. The monoisotopic (exact) mass is 598 g/mol. The molecule has 0 fully saturated rings. The maximum absolute atomic E-state index is 2.55. The molecule has 0 spiro atoms. The second-order valence-electron chi connectivity index (χ2n) is 10.00. The van der Waals surface area contributed by atoms with Crippen molar-refractivity contribution in [2.75, 3.05) is 25.0 Å². The first kappa shape index (κ1) is 28.5. The second-order valence-corrected chi connectivity index (χ2v) is 17.6. The molecule has 198 valence electrons. The van der Waals surface area contributed by atoms with Gasteiger partial charge in [0, 0.05) is 19.6 Å². The molecule has 5 rings (SSSR count). The van der Waals surface area contributed by atoms with Crippen LogP contribution in [0.15, 0.2) is 117 Å². The molecule has 0 aromatic heterocycles. The van der Waals surface area contributed by atoms with Gasteiger partial charge in [0.1, 0.15) is 8.07 Å². The van der Waals surface area contributed by atoms with Crippen LogP contribution in [-0.2, 0) is 0 Å². The van der Waals surface area contributed by atoms with Gasteiger partial charge in [-0.1, -0.05) is 85.9 Å². The van der Waals surface area contributed by atoms with Gasteiger partial charge in [0.15, 0.2) is 0 Å². The Balaban J connectivity index is 1.89. The maximum Gasteiger partial charge on any atom is 0.115 e. The number of hydrogen-bond acceptors (Lipinski definition) is 4. The molecular formula is C34H34S4Si. The predicted octanol–water partition coefficient (Wildman–Crippen LogP) is 10.9. The van der Waals surface area contributed by atoms with Gasteiger partial charge < -0.3 is 0 Å². The fraction of sp³-hybridized carbons (Fsp3) is 0.176. The third-order valence-corrected chi connectivity index (χ3v) is 14.5. The molecule has 5 heteroatoms. The van der Waals surface area contributed by atoms with Crippen molar-refractivity contribution in [1.29, 1.82) is 0 Å². The predicted molar refractivity (Wildman–Crippen MR) is 184 cm³/mol. The summed E-state index contributed by atoms with van der Waals surface area (Å²) in [5.41, 5.74) is 8.12. The molecule has 4 aromatic rings. The summed E-state index contributed by atoms with van der Waals surface area (Å²) in [6.45, 7) is 5.11. The summed E-state index contributed by atoms with van der Waals surface area (Å²) in [4.78, 5) is 5.40. The quantitative estimate of drug-likeness (QED) is 0.146. The lowest BCUT2D eigenvalue weighted by Crippen LogP contribution is -2.28. The topological polar surface area (TPSA) is 0 Å². The first-order chi connectivity index (χ1) is 18.9. The molecule has 0 radical (unpaired) electrons. The molecule has 0 aliphatic carbocycles. The van der Waals surface area contributed by atoms with E-state index in [0.717, 1.165) is 0 Å². The van der Waals surface area contributed by atoms with E-state index in [1.807, 2.05) is 47.0 Å². The number of allylic oxidation sites excluding steroid dienone is 2. The smallest absolute Gasteiger partial charge is 0.115 e. The highest BCUT2D eigenvalue weighted by molar-refractivity contribution is 8.02. The summed E-state index contributed by atoms with van der Waals surface area (Å²) in [6, 6.07) is 36.4. The Morgan fingerprint density at radius 1 is 0.410 bits per heavy atom. The third kappa shape index (κ3) is 5.37. The fourth-order valence-electron chi connectivity index (χ4n) is 5.78. The van der Waals surface area contributed by atoms with E-state index in [2.05, 4.69) is 135 Å². The molecule has 0 bridgehead atoms. The second kappa shape index (κ2) is 12.2. The van der Waals surface area contributed by atoms with Gasteiger partial charge in [0.2, 0.25) is 0 Å². The minimum atomic E-state index is -2.17. The van der Waals surface area contributed by atoms with Crippen LogP contribution in [0.5, 0.6) is 0 Å². The Hall–Kier alpha value is -2.02. The largest absolute Gasteiger partial charge is 0.128 e. The fourth-order valence-corrected chi connectivity index (χ4v) is 12.5. The zero-order valence-corrected chi connectivity index (χ0v) is 27.6. The van der Waals surface area contributed by atoms with Crippen LogP contribution in [0.2, 0.25) is 13.1 Å². The van der Waals surface area contributed by atoms with Crippen LogP contribution in [0.3, 0.4) is 0 Å². The molecule has 0 nitrogen and oxygen atoms in total. The van der Waals surface area contributed by atoms with Crippen molar-refractivity contribution >= 4 is 76.7 Å². The van der Waals surface area contributed by atoms with Gasteiger partial charge in [-0.2, -0.15) is 0 Å². The van der Waals surface area contributed by atoms with Crippen LogP contribution < -0.4 is 0 Å². The van der Waals surface area contributed by atoms with Gasteiger partial charge in [-0.3, -0.25) is 0 Å². The lowest BCUT2D eigenvalue weighted by Gasteiger charge is -2.27. The third-order valence-electron chi connectivity index (χ3n) is 7.47. The highest BCUT2D eigenvalue weighted by atomic mass is 32.2. The van der Waals surface area contributed by atoms with Crippen molar-refractivity contribution < 1.29 is 0 Å². The van der Waals surface area contributed by atoms with E-state index in [1.165, 1.54) is 63.4 Å². The first-order valence-electron chi connectivity index (χ1n) is 13.0. The van der Waals surface area contributed by atoms with Crippen LogP contribution in [-0.4, -0.2) is 33.1 Å². The zero-order valence-electron chi connectivity index (χ0n) is 23.4. The molecule has 4 aromatic carbocycles. The molecule has 0 N–H and O–H groups in total. The van der Waals surface area contributed by atoms with Crippen molar-refractivity contribution in [3.63, 3.8) is 0 Å². The average Bonchev–Trinajstić information content (AvgIpc) is 3.24. The number of rotatable bonds is 8. The van der Waals surface area contributed by atoms with E-state index >= 15 is 0 Å². The van der Waals surface area contributed by atoms with Gasteiger partial charge in [-0.05, 0) is 93.1 Å². The normalized spacial score (nSPS) is 14.8. The van der Waals surface area contributed by atoms with Gasteiger partial charge in [-0.15, -0.1) is 47.0 Å². The number of benzene rings is 4. The molecule has 1 aliphatic heterocycles. The van der Waals surface area contributed by atoms with E-state index in [9.17, 15) is 0 Å². The van der Waals surface area contributed by atoms with E-state index < -0.39 is 8.07 Å². The number of thioether (sulfide) groups is 4. The number of hydrogen-bond donors (Lipinski definition) is 0. The van der Waals surface area contributed by atoms with Gasteiger partial charge >= 0.3 is 0 Å². The van der Waals surface area contributed by atoms with Crippen molar-refractivity contribution in [3.8, 4) is 0 Å². The molecule has 39 heavy (non-hydrogen) atoms. The van der Waals surface area contributed by atoms with E-state index in [-0.39, 0.29) is 0 Å². The zero-order chi connectivity index (χ0) is 27.6.